The lowest BCUT2D eigenvalue weighted by Crippen LogP contribution is -2.42. The van der Waals surface area contributed by atoms with Crippen molar-refractivity contribution >= 4 is 22.4 Å². The normalized spacial score (nSPS) is 16.8. The first-order chi connectivity index (χ1) is 16.3. The molecule has 4 nitrogen and oxygen atoms in total. The van der Waals surface area contributed by atoms with Crippen molar-refractivity contribution in [1.82, 2.24) is 4.90 Å². The van der Waals surface area contributed by atoms with Crippen molar-refractivity contribution in [3.05, 3.63) is 58.9 Å². The minimum atomic E-state index is 0.103. The van der Waals surface area contributed by atoms with Crippen LogP contribution < -0.4 is 4.74 Å². The van der Waals surface area contributed by atoms with Crippen LogP contribution in [0.3, 0.4) is 0 Å². The molecule has 4 rings (SSSR count). The smallest absolute Gasteiger partial charge is 0.247 e. The van der Waals surface area contributed by atoms with Crippen LogP contribution in [0.2, 0.25) is 0 Å². The molecule has 2 aromatic carbocycles. The Hall–Kier alpha value is -3.01. The van der Waals surface area contributed by atoms with Crippen LogP contribution in [0.1, 0.15) is 68.7 Å². The first kappa shape index (κ1) is 24.1. The van der Waals surface area contributed by atoms with E-state index in [0.29, 0.717) is 12.6 Å². The van der Waals surface area contributed by atoms with E-state index >= 15 is 0 Å². The van der Waals surface area contributed by atoms with Gasteiger partial charge in [0.1, 0.15) is 11.3 Å². The molecule has 1 saturated heterocycles. The van der Waals surface area contributed by atoms with Gasteiger partial charge < -0.3 is 14.1 Å². The second-order valence-electron chi connectivity index (χ2n) is 9.57. The van der Waals surface area contributed by atoms with Gasteiger partial charge in [-0.3, -0.25) is 4.79 Å². The molecule has 0 spiro atoms. The van der Waals surface area contributed by atoms with Crippen LogP contribution in [0.5, 0.6) is 5.75 Å². The Morgan fingerprint density at radius 1 is 1.15 bits per heavy atom. The number of likely N-dealkylation sites (tertiary alicyclic amines) is 1. The Morgan fingerprint density at radius 3 is 2.65 bits per heavy atom. The first-order valence-electron chi connectivity index (χ1n) is 12.6. The number of carbonyl (C=O) groups is 1. The summed E-state index contributed by atoms with van der Waals surface area (Å²) < 4.78 is 12.2. The van der Waals surface area contributed by atoms with E-state index in [2.05, 4.69) is 49.9 Å². The van der Waals surface area contributed by atoms with Crippen LogP contribution in [0, 0.1) is 20.8 Å². The summed E-state index contributed by atoms with van der Waals surface area (Å²) >= 11 is 0. The highest BCUT2D eigenvalue weighted by Crippen LogP contribution is 2.41. The quantitative estimate of drug-likeness (QED) is 0.356. The number of furan rings is 1. The summed E-state index contributed by atoms with van der Waals surface area (Å²) in [7, 11) is 0. The van der Waals surface area contributed by atoms with Gasteiger partial charge in [-0.25, -0.2) is 0 Å². The number of amides is 1. The maximum absolute atomic E-state index is 13.3. The molecule has 34 heavy (non-hydrogen) atoms. The number of hydrogen-bond acceptors (Lipinski definition) is 3. The molecule has 1 fully saturated rings. The number of fused-ring (bicyclic) bond motifs is 1. The Bertz CT molecular complexity index is 1230. The third-order valence-corrected chi connectivity index (χ3v) is 7.15. The molecule has 1 aliphatic heterocycles. The van der Waals surface area contributed by atoms with Gasteiger partial charge in [0.2, 0.25) is 5.91 Å². The van der Waals surface area contributed by atoms with Crippen LogP contribution in [0.15, 0.2) is 41.0 Å². The number of ether oxygens (including phenoxy) is 1. The van der Waals surface area contributed by atoms with Crippen molar-refractivity contribution < 1.29 is 13.9 Å². The molecule has 1 aromatic heterocycles. The Balaban J connectivity index is 1.82. The second-order valence-corrected chi connectivity index (χ2v) is 9.57. The van der Waals surface area contributed by atoms with Crippen molar-refractivity contribution in [3.63, 3.8) is 0 Å². The van der Waals surface area contributed by atoms with E-state index in [1.165, 1.54) is 17.5 Å². The fourth-order valence-corrected chi connectivity index (χ4v) is 5.32. The fraction of sp³-hybridized carbons (Fsp3) is 0.433. The molecule has 0 aliphatic carbocycles. The summed E-state index contributed by atoms with van der Waals surface area (Å²) in [6.45, 7) is 13.9. The van der Waals surface area contributed by atoms with Gasteiger partial charge in [0.15, 0.2) is 0 Å². The molecule has 0 bridgehead atoms. The summed E-state index contributed by atoms with van der Waals surface area (Å²) in [5, 5.41) is 1.05. The van der Waals surface area contributed by atoms with Crippen molar-refractivity contribution in [2.45, 2.75) is 73.3 Å². The Kier molecular flexibility index (Phi) is 7.16. The number of nitrogens with zero attached hydrogens (tertiary/aromatic N) is 1. The SMILES string of the molecule is CCOc1c(/C(C)=C/C(=O)N2CCCCC2CC)cc2c(-c3ccc(C)cc3C)coc2c1C. The minimum Gasteiger partial charge on any atom is -0.493 e. The van der Waals surface area contributed by atoms with E-state index in [1.807, 2.05) is 27.0 Å². The zero-order valence-corrected chi connectivity index (χ0v) is 21.5. The summed E-state index contributed by atoms with van der Waals surface area (Å²) in [5.74, 6) is 0.898. The zero-order chi connectivity index (χ0) is 24.4. The lowest BCUT2D eigenvalue weighted by molar-refractivity contribution is -0.129. The van der Waals surface area contributed by atoms with Crippen LogP contribution in [-0.4, -0.2) is 30.0 Å². The maximum Gasteiger partial charge on any atom is 0.247 e. The third-order valence-electron chi connectivity index (χ3n) is 7.15. The highest BCUT2D eigenvalue weighted by atomic mass is 16.5. The van der Waals surface area contributed by atoms with Gasteiger partial charge in [-0.1, -0.05) is 30.7 Å². The lowest BCUT2D eigenvalue weighted by Gasteiger charge is -2.34. The molecule has 1 atom stereocenters. The Morgan fingerprint density at radius 2 is 1.94 bits per heavy atom. The van der Waals surface area contributed by atoms with E-state index in [1.54, 1.807) is 6.08 Å². The van der Waals surface area contributed by atoms with Crippen LogP contribution in [-0.2, 0) is 4.79 Å². The van der Waals surface area contributed by atoms with Gasteiger partial charge in [0.05, 0.1) is 12.9 Å². The fourth-order valence-electron chi connectivity index (χ4n) is 5.32. The second kappa shape index (κ2) is 10.1. The zero-order valence-electron chi connectivity index (χ0n) is 21.5. The Labute approximate surface area is 203 Å². The average molecular weight is 460 g/mol. The molecule has 2 heterocycles. The van der Waals surface area contributed by atoms with Gasteiger partial charge >= 0.3 is 0 Å². The molecular weight excluding hydrogens is 422 g/mol. The molecule has 1 aliphatic rings. The number of aryl methyl sites for hydroxylation is 3. The summed E-state index contributed by atoms with van der Waals surface area (Å²) in [4.78, 5) is 15.3. The summed E-state index contributed by atoms with van der Waals surface area (Å²) in [6.07, 6.45) is 8.03. The number of benzene rings is 2. The minimum absolute atomic E-state index is 0.103. The van der Waals surface area contributed by atoms with Crippen LogP contribution >= 0.6 is 0 Å². The molecule has 1 amide bonds. The van der Waals surface area contributed by atoms with Gasteiger partial charge in [0, 0.05) is 40.7 Å². The van der Waals surface area contributed by atoms with Gasteiger partial charge in [-0.15, -0.1) is 0 Å². The van der Waals surface area contributed by atoms with Crippen LogP contribution in [0.25, 0.3) is 27.7 Å². The van der Waals surface area contributed by atoms with Crippen molar-refractivity contribution in [2.75, 3.05) is 13.2 Å². The van der Waals surface area contributed by atoms with Gasteiger partial charge in [-0.2, -0.15) is 0 Å². The van der Waals surface area contributed by atoms with E-state index in [9.17, 15) is 4.79 Å². The molecule has 3 aromatic rings. The van der Waals surface area contributed by atoms with Gasteiger partial charge in [-0.05, 0) is 83.1 Å². The number of hydrogen-bond donors (Lipinski definition) is 0. The number of carbonyl (C=O) groups excluding carboxylic acids is 1. The van der Waals surface area contributed by atoms with Gasteiger partial charge in [0.25, 0.3) is 0 Å². The highest BCUT2D eigenvalue weighted by Gasteiger charge is 2.25. The van der Waals surface area contributed by atoms with E-state index < -0.39 is 0 Å². The molecule has 1 unspecified atom stereocenters. The van der Waals surface area contributed by atoms with Crippen molar-refractivity contribution in [3.8, 4) is 16.9 Å². The monoisotopic (exact) mass is 459 g/mol. The standard InChI is InChI=1S/C30H37NO3/c1-7-23-11-9-10-14-31(23)28(32)16-21(5)25-17-26-27(24-13-12-19(3)15-20(24)4)18-34-30(26)22(6)29(25)33-8-2/h12-13,15-18,23H,7-11,14H2,1-6H3/b21-16+. The number of piperidine rings is 1. The van der Waals surface area contributed by atoms with E-state index in [0.717, 1.165) is 70.4 Å². The molecule has 0 N–H and O–H groups in total. The number of allylic oxidation sites excluding steroid dienone is 1. The van der Waals surface area contributed by atoms with Crippen molar-refractivity contribution in [1.29, 1.82) is 0 Å². The maximum atomic E-state index is 13.3. The average Bonchev–Trinajstić information content (AvgIpc) is 3.24. The van der Waals surface area contributed by atoms with Crippen molar-refractivity contribution in [2.24, 2.45) is 0 Å². The predicted octanol–water partition coefficient (Wildman–Crippen LogP) is 7.62. The molecule has 0 saturated carbocycles. The van der Waals surface area contributed by atoms with E-state index in [-0.39, 0.29) is 5.91 Å². The molecular formula is C30H37NO3. The molecule has 0 radical (unpaired) electrons. The number of rotatable bonds is 6. The highest BCUT2D eigenvalue weighted by molar-refractivity contribution is 6.02. The summed E-state index contributed by atoms with van der Waals surface area (Å²) in [6, 6.07) is 8.97. The molecule has 4 heteroatoms. The topological polar surface area (TPSA) is 42.7 Å². The van der Waals surface area contributed by atoms with Crippen LogP contribution in [0.4, 0.5) is 0 Å². The van der Waals surface area contributed by atoms with E-state index in [4.69, 9.17) is 9.15 Å². The third kappa shape index (κ3) is 4.51. The largest absolute Gasteiger partial charge is 0.493 e. The lowest BCUT2D eigenvalue weighted by atomic mass is 9.94. The molecule has 180 valence electrons. The summed E-state index contributed by atoms with van der Waals surface area (Å²) in [5.41, 5.74) is 8.37. The first-order valence-corrected chi connectivity index (χ1v) is 12.6. The predicted molar refractivity (Wildman–Crippen MR) is 140 cm³/mol.